The third-order valence-corrected chi connectivity index (χ3v) is 3.05. The van der Waals surface area contributed by atoms with Crippen molar-refractivity contribution in [1.29, 1.82) is 0 Å². The molecule has 2 fully saturated rings. The van der Waals surface area contributed by atoms with E-state index in [-0.39, 0.29) is 6.10 Å². The highest BCUT2D eigenvalue weighted by Gasteiger charge is 2.37. The van der Waals surface area contributed by atoms with Crippen LogP contribution in [0, 0.1) is 11.8 Å². The van der Waals surface area contributed by atoms with Crippen molar-refractivity contribution in [1.82, 2.24) is 0 Å². The largest absolute Gasteiger partial charge is 0.393 e. The Kier molecular flexibility index (Phi) is 1.69. The van der Waals surface area contributed by atoms with Gasteiger partial charge in [-0.15, -0.1) is 0 Å². The fourth-order valence-electron chi connectivity index (χ4n) is 2.18. The predicted molar refractivity (Wildman–Crippen MR) is 40.7 cm³/mol. The Morgan fingerprint density at radius 1 is 0.900 bits per heavy atom. The summed E-state index contributed by atoms with van der Waals surface area (Å²) in [6.07, 6.45) is 7.58. The van der Waals surface area contributed by atoms with Gasteiger partial charge in [0.25, 0.3) is 0 Å². The van der Waals surface area contributed by atoms with E-state index in [1.807, 2.05) is 0 Å². The first kappa shape index (κ1) is 6.66. The van der Waals surface area contributed by atoms with E-state index in [4.69, 9.17) is 0 Å². The predicted octanol–water partition coefficient (Wildman–Crippen LogP) is 1.95. The molecule has 0 aromatic carbocycles. The van der Waals surface area contributed by atoms with Gasteiger partial charge in [-0.25, -0.2) is 0 Å². The fourth-order valence-corrected chi connectivity index (χ4v) is 2.18. The van der Waals surface area contributed by atoms with Crippen LogP contribution in [-0.2, 0) is 0 Å². The topological polar surface area (TPSA) is 20.2 Å². The van der Waals surface area contributed by atoms with Crippen LogP contribution in [0.25, 0.3) is 0 Å². The van der Waals surface area contributed by atoms with Gasteiger partial charge in [0.15, 0.2) is 0 Å². The van der Waals surface area contributed by atoms with Crippen LogP contribution < -0.4 is 0 Å². The Morgan fingerprint density at radius 3 is 2.60 bits per heavy atom. The molecule has 2 aliphatic carbocycles. The molecule has 0 spiro atoms. The van der Waals surface area contributed by atoms with Crippen molar-refractivity contribution < 1.29 is 5.11 Å². The van der Waals surface area contributed by atoms with Gasteiger partial charge in [0.2, 0.25) is 0 Å². The molecule has 1 heteroatoms. The van der Waals surface area contributed by atoms with Gasteiger partial charge >= 0.3 is 0 Å². The van der Waals surface area contributed by atoms with E-state index in [9.17, 15) is 5.11 Å². The molecule has 0 saturated heterocycles. The maximum Gasteiger partial charge on any atom is 0.0540 e. The van der Waals surface area contributed by atoms with Crippen molar-refractivity contribution in [2.24, 2.45) is 11.8 Å². The zero-order valence-corrected chi connectivity index (χ0v) is 6.42. The van der Waals surface area contributed by atoms with Crippen LogP contribution in [0.15, 0.2) is 0 Å². The standard InChI is InChI=1S/C9H16O/c10-9-3-1-2-7-6-8(7)4-5-9/h7-10H,1-6H2. The second-order valence-electron chi connectivity index (χ2n) is 3.92. The van der Waals surface area contributed by atoms with E-state index in [1.54, 1.807) is 0 Å². The van der Waals surface area contributed by atoms with Crippen LogP contribution in [0.2, 0.25) is 0 Å². The first-order chi connectivity index (χ1) is 4.86. The lowest BCUT2D eigenvalue weighted by molar-refractivity contribution is 0.140. The maximum atomic E-state index is 9.35. The van der Waals surface area contributed by atoms with Crippen molar-refractivity contribution in [2.45, 2.75) is 44.6 Å². The van der Waals surface area contributed by atoms with Crippen molar-refractivity contribution in [3.05, 3.63) is 0 Å². The first-order valence-corrected chi connectivity index (χ1v) is 4.54. The lowest BCUT2D eigenvalue weighted by Crippen LogP contribution is -2.08. The maximum absolute atomic E-state index is 9.35. The molecule has 1 N–H and O–H groups in total. The van der Waals surface area contributed by atoms with E-state index in [0.717, 1.165) is 24.7 Å². The average Bonchev–Trinajstić information content (AvgIpc) is 2.59. The van der Waals surface area contributed by atoms with Crippen molar-refractivity contribution in [3.63, 3.8) is 0 Å². The molecule has 0 amide bonds. The molecule has 0 heterocycles. The molecule has 2 saturated carbocycles. The second kappa shape index (κ2) is 2.54. The zero-order valence-electron chi connectivity index (χ0n) is 6.42. The Morgan fingerprint density at radius 2 is 1.70 bits per heavy atom. The van der Waals surface area contributed by atoms with Gasteiger partial charge in [0.05, 0.1) is 6.10 Å². The minimum absolute atomic E-state index is 0.0292. The van der Waals surface area contributed by atoms with E-state index in [0.29, 0.717) is 0 Å². The molecule has 1 nitrogen and oxygen atoms in total. The molecular weight excluding hydrogens is 124 g/mol. The van der Waals surface area contributed by atoms with Gasteiger partial charge < -0.3 is 5.11 Å². The highest BCUT2D eigenvalue weighted by Crippen LogP contribution is 2.47. The lowest BCUT2D eigenvalue weighted by atomic mass is 9.99. The first-order valence-electron chi connectivity index (χ1n) is 4.54. The van der Waals surface area contributed by atoms with Crippen LogP contribution in [0.1, 0.15) is 38.5 Å². The van der Waals surface area contributed by atoms with Crippen LogP contribution in [-0.4, -0.2) is 11.2 Å². The minimum Gasteiger partial charge on any atom is -0.393 e. The molecule has 2 aliphatic rings. The molecule has 2 rings (SSSR count). The van der Waals surface area contributed by atoms with E-state index in [1.165, 1.54) is 25.7 Å². The Balaban J connectivity index is 1.83. The molecular formula is C9H16O. The molecule has 58 valence electrons. The van der Waals surface area contributed by atoms with E-state index in [2.05, 4.69) is 0 Å². The molecule has 10 heavy (non-hydrogen) atoms. The van der Waals surface area contributed by atoms with Crippen molar-refractivity contribution >= 4 is 0 Å². The van der Waals surface area contributed by atoms with Gasteiger partial charge in [0, 0.05) is 0 Å². The summed E-state index contributed by atoms with van der Waals surface area (Å²) in [6.45, 7) is 0. The minimum atomic E-state index is 0.0292. The number of rotatable bonds is 0. The average molecular weight is 140 g/mol. The van der Waals surface area contributed by atoms with Crippen molar-refractivity contribution in [3.8, 4) is 0 Å². The quantitative estimate of drug-likeness (QED) is 0.545. The highest BCUT2D eigenvalue weighted by atomic mass is 16.3. The van der Waals surface area contributed by atoms with Gasteiger partial charge in [-0.2, -0.15) is 0 Å². The highest BCUT2D eigenvalue weighted by molar-refractivity contribution is 4.88. The van der Waals surface area contributed by atoms with Crippen LogP contribution in [0.3, 0.4) is 0 Å². The Labute approximate surface area is 62.4 Å². The smallest absolute Gasteiger partial charge is 0.0540 e. The van der Waals surface area contributed by atoms with E-state index < -0.39 is 0 Å². The molecule has 0 bridgehead atoms. The summed E-state index contributed by atoms with van der Waals surface area (Å²) >= 11 is 0. The summed E-state index contributed by atoms with van der Waals surface area (Å²) < 4.78 is 0. The van der Waals surface area contributed by atoms with Crippen molar-refractivity contribution in [2.75, 3.05) is 0 Å². The summed E-state index contributed by atoms with van der Waals surface area (Å²) in [6, 6.07) is 0. The summed E-state index contributed by atoms with van der Waals surface area (Å²) in [5.41, 5.74) is 0. The van der Waals surface area contributed by atoms with Gasteiger partial charge in [0.1, 0.15) is 0 Å². The summed E-state index contributed by atoms with van der Waals surface area (Å²) in [5.74, 6) is 2.07. The third-order valence-electron chi connectivity index (χ3n) is 3.05. The Bertz CT molecular complexity index is 120. The normalized spacial score (nSPS) is 47.1. The molecule has 3 atom stereocenters. The van der Waals surface area contributed by atoms with Gasteiger partial charge in [-0.05, 0) is 37.5 Å². The third kappa shape index (κ3) is 1.34. The fraction of sp³-hybridized carbons (Fsp3) is 1.00. The summed E-state index contributed by atoms with van der Waals surface area (Å²) in [5, 5.41) is 9.35. The molecule has 0 aromatic heterocycles. The number of aliphatic hydroxyl groups excluding tert-OH is 1. The molecule has 3 unspecified atom stereocenters. The SMILES string of the molecule is OC1CCCC2CC2CC1. The number of aliphatic hydroxyl groups is 1. The zero-order chi connectivity index (χ0) is 6.97. The molecule has 0 aliphatic heterocycles. The monoisotopic (exact) mass is 140 g/mol. The van der Waals surface area contributed by atoms with Crippen LogP contribution in [0.4, 0.5) is 0 Å². The lowest BCUT2D eigenvalue weighted by Gasteiger charge is -2.12. The second-order valence-corrected chi connectivity index (χ2v) is 3.92. The Hall–Kier alpha value is -0.0400. The number of fused-ring (bicyclic) bond motifs is 1. The summed E-state index contributed by atoms with van der Waals surface area (Å²) in [4.78, 5) is 0. The number of hydrogen-bond acceptors (Lipinski definition) is 1. The van der Waals surface area contributed by atoms with Crippen LogP contribution >= 0.6 is 0 Å². The molecule has 0 aromatic rings. The van der Waals surface area contributed by atoms with Crippen LogP contribution in [0.5, 0.6) is 0 Å². The van der Waals surface area contributed by atoms with Gasteiger partial charge in [-0.3, -0.25) is 0 Å². The van der Waals surface area contributed by atoms with E-state index >= 15 is 0 Å². The van der Waals surface area contributed by atoms with Gasteiger partial charge in [-0.1, -0.05) is 12.8 Å². The summed E-state index contributed by atoms with van der Waals surface area (Å²) in [7, 11) is 0. The number of hydrogen-bond donors (Lipinski definition) is 1. The molecule has 0 radical (unpaired) electrons.